The van der Waals surface area contributed by atoms with Gasteiger partial charge in [0.2, 0.25) is 0 Å². The summed E-state index contributed by atoms with van der Waals surface area (Å²) in [7, 11) is 0. The summed E-state index contributed by atoms with van der Waals surface area (Å²) in [6.45, 7) is 9.48. The van der Waals surface area contributed by atoms with Crippen LogP contribution in [0.5, 0.6) is 0 Å². The van der Waals surface area contributed by atoms with Crippen molar-refractivity contribution in [3.8, 4) is 0 Å². The first-order valence-corrected chi connectivity index (χ1v) is 6.24. The maximum atomic E-state index is 12.2. The summed E-state index contributed by atoms with van der Waals surface area (Å²) in [5.41, 5.74) is -1.13. The molecule has 4 nitrogen and oxygen atoms in total. The second-order valence-electron chi connectivity index (χ2n) is 4.44. The molecule has 0 saturated heterocycles. The molecule has 0 radical (unpaired) electrons. The highest BCUT2D eigenvalue weighted by Gasteiger charge is 2.41. The van der Waals surface area contributed by atoms with Crippen molar-refractivity contribution in [1.82, 2.24) is 0 Å². The minimum absolute atomic E-state index is 0.195. The van der Waals surface area contributed by atoms with Crippen LogP contribution in [-0.4, -0.2) is 31.1 Å². The van der Waals surface area contributed by atoms with Crippen molar-refractivity contribution in [3.63, 3.8) is 0 Å². The van der Waals surface area contributed by atoms with Crippen molar-refractivity contribution in [1.29, 1.82) is 0 Å². The SMILES string of the molecule is CCCC(OCC)C(=O)C(C)(C)C(=O)OCC. The number of carbonyl (C=O) groups is 2. The molecule has 0 aromatic carbocycles. The van der Waals surface area contributed by atoms with E-state index in [4.69, 9.17) is 9.47 Å². The van der Waals surface area contributed by atoms with E-state index in [2.05, 4.69) is 0 Å². The Labute approximate surface area is 104 Å². The first kappa shape index (κ1) is 16.1. The largest absolute Gasteiger partial charge is 0.465 e. The molecule has 0 aliphatic carbocycles. The Morgan fingerprint density at radius 2 is 1.71 bits per heavy atom. The van der Waals surface area contributed by atoms with Gasteiger partial charge in [0.15, 0.2) is 5.78 Å². The molecule has 0 aromatic heterocycles. The maximum Gasteiger partial charge on any atom is 0.319 e. The Morgan fingerprint density at radius 1 is 1.12 bits per heavy atom. The van der Waals surface area contributed by atoms with Crippen LogP contribution in [-0.2, 0) is 19.1 Å². The quantitative estimate of drug-likeness (QED) is 0.486. The Hall–Kier alpha value is -0.900. The molecule has 0 aliphatic rings. The molecule has 0 fully saturated rings. The summed E-state index contributed by atoms with van der Waals surface area (Å²) in [4.78, 5) is 24.0. The molecule has 0 spiro atoms. The minimum atomic E-state index is -1.13. The smallest absolute Gasteiger partial charge is 0.319 e. The Balaban J connectivity index is 4.77. The van der Waals surface area contributed by atoms with Crippen molar-refractivity contribution in [2.24, 2.45) is 5.41 Å². The lowest BCUT2D eigenvalue weighted by molar-refractivity contribution is -0.162. The van der Waals surface area contributed by atoms with Crippen LogP contribution in [0.3, 0.4) is 0 Å². The Morgan fingerprint density at radius 3 is 2.12 bits per heavy atom. The Kier molecular flexibility index (Phi) is 7.04. The van der Waals surface area contributed by atoms with Gasteiger partial charge in [0.05, 0.1) is 6.61 Å². The molecule has 0 aliphatic heterocycles. The highest BCUT2D eigenvalue weighted by Crippen LogP contribution is 2.23. The number of rotatable bonds is 8. The van der Waals surface area contributed by atoms with Gasteiger partial charge in [-0.15, -0.1) is 0 Å². The monoisotopic (exact) mass is 244 g/mol. The third-order valence-corrected chi connectivity index (χ3v) is 2.61. The van der Waals surface area contributed by atoms with Crippen molar-refractivity contribution < 1.29 is 19.1 Å². The van der Waals surface area contributed by atoms with Gasteiger partial charge in [0, 0.05) is 6.61 Å². The fraction of sp³-hybridized carbons (Fsp3) is 0.846. The summed E-state index contributed by atoms with van der Waals surface area (Å²) in [6, 6.07) is 0. The fourth-order valence-electron chi connectivity index (χ4n) is 1.57. The van der Waals surface area contributed by atoms with E-state index in [0.717, 1.165) is 6.42 Å². The molecular formula is C13H24O4. The predicted molar refractivity (Wildman–Crippen MR) is 65.7 cm³/mol. The van der Waals surface area contributed by atoms with E-state index >= 15 is 0 Å². The normalized spacial score (nSPS) is 13.2. The molecule has 100 valence electrons. The van der Waals surface area contributed by atoms with Gasteiger partial charge in [0.1, 0.15) is 11.5 Å². The molecule has 0 amide bonds. The molecule has 4 heteroatoms. The van der Waals surface area contributed by atoms with E-state index in [1.807, 2.05) is 13.8 Å². The van der Waals surface area contributed by atoms with E-state index in [9.17, 15) is 9.59 Å². The first-order chi connectivity index (χ1) is 7.91. The zero-order chi connectivity index (χ0) is 13.5. The molecular weight excluding hydrogens is 220 g/mol. The topological polar surface area (TPSA) is 52.6 Å². The van der Waals surface area contributed by atoms with E-state index in [0.29, 0.717) is 13.0 Å². The van der Waals surface area contributed by atoms with Crippen molar-refractivity contribution in [2.75, 3.05) is 13.2 Å². The molecule has 0 rings (SSSR count). The lowest BCUT2D eigenvalue weighted by Gasteiger charge is -2.26. The molecule has 0 saturated carbocycles. The highest BCUT2D eigenvalue weighted by atomic mass is 16.5. The molecule has 17 heavy (non-hydrogen) atoms. The van der Waals surface area contributed by atoms with Gasteiger partial charge >= 0.3 is 5.97 Å². The van der Waals surface area contributed by atoms with Gasteiger partial charge in [0.25, 0.3) is 0 Å². The van der Waals surface area contributed by atoms with E-state index in [1.54, 1.807) is 20.8 Å². The van der Waals surface area contributed by atoms with E-state index in [-0.39, 0.29) is 12.4 Å². The van der Waals surface area contributed by atoms with Gasteiger partial charge in [-0.25, -0.2) is 0 Å². The molecule has 0 bridgehead atoms. The Bertz CT molecular complexity index is 252. The molecule has 1 atom stereocenters. The minimum Gasteiger partial charge on any atom is -0.465 e. The lowest BCUT2D eigenvalue weighted by Crippen LogP contribution is -2.42. The van der Waals surface area contributed by atoms with E-state index < -0.39 is 17.5 Å². The molecule has 0 N–H and O–H groups in total. The summed E-state index contributed by atoms with van der Waals surface area (Å²) in [5.74, 6) is -0.676. The van der Waals surface area contributed by atoms with Crippen molar-refractivity contribution >= 4 is 11.8 Å². The third kappa shape index (κ3) is 4.46. The zero-order valence-corrected chi connectivity index (χ0v) is 11.5. The van der Waals surface area contributed by atoms with Gasteiger partial charge in [-0.05, 0) is 34.1 Å². The zero-order valence-electron chi connectivity index (χ0n) is 11.5. The number of hydrogen-bond donors (Lipinski definition) is 0. The van der Waals surface area contributed by atoms with Gasteiger partial charge < -0.3 is 9.47 Å². The molecule has 0 heterocycles. The van der Waals surface area contributed by atoms with Crippen LogP contribution in [0.15, 0.2) is 0 Å². The molecule has 1 unspecified atom stereocenters. The lowest BCUT2D eigenvalue weighted by atomic mass is 9.84. The summed E-state index contributed by atoms with van der Waals surface area (Å²) in [6.07, 6.45) is 0.967. The van der Waals surface area contributed by atoms with Gasteiger partial charge in [-0.2, -0.15) is 0 Å². The number of ketones is 1. The average Bonchev–Trinajstić information content (AvgIpc) is 2.28. The number of carbonyl (C=O) groups excluding carboxylic acids is 2. The second-order valence-corrected chi connectivity index (χ2v) is 4.44. The summed E-state index contributed by atoms with van der Waals surface area (Å²) < 4.78 is 10.3. The number of ether oxygens (including phenoxy) is 2. The van der Waals surface area contributed by atoms with Gasteiger partial charge in [-0.3, -0.25) is 9.59 Å². The van der Waals surface area contributed by atoms with E-state index in [1.165, 1.54) is 0 Å². The maximum absolute atomic E-state index is 12.2. The summed E-state index contributed by atoms with van der Waals surface area (Å²) in [5, 5.41) is 0. The van der Waals surface area contributed by atoms with Crippen LogP contribution in [0.2, 0.25) is 0 Å². The standard InChI is InChI=1S/C13H24O4/c1-6-9-10(16-7-2)11(14)13(4,5)12(15)17-8-3/h10H,6-9H2,1-5H3. The fourth-order valence-corrected chi connectivity index (χ4v) is 1.57. The highest BCUT2D eigenvalue weighted by molar-refractivity contribution is 6.05. The van der Waals surface area contributed by atoms with Gasteiger partial charge in [-0.1, -0.05) is 13.3 Å². The summed E-state index contributed by atoms with van der Waals surface area (Å²) >= 11 is 0. The average molecular weight is 244 g/mol. The second kappa shape index (κ2) is 7.43. The van der Waals surface area contributed by atoms with Crippen LogP contribution < -0.4 is 0 Å². The first-order valence-electron chi connectivity index (χ1n) is 6.24. The van der Waals surface area contributed by atoms with Crippen LogP contribution >= 0.6 is 0 Å². The number of Topliss-reactive ketones (excluding diaryl/α,β-unsaturated/α-hetero) is 1. The van der Waals surface area contributed by atoms with Crippen LogP contribution in [0.1, 0.15) is 47.5 Å². The number of hydrogen-bond acceptors (Lipinski definition) is 4. The van der Waals surface area contributed by atoms with Crippen molar-refractivity contribution in [3.05, 3.63) is 0 Å². The predicted octanol–water partition coefficient (Wildman–Crippen LogP) is 2.35. The van der Waals surface area contributed by atoms with Crippen molar-refractivity contribution in [2.45, 2.75) is 53.6 Å². The van der Waals surface area contributed by atoms with Crippen LogP contribution in [0.4, 0.5) is 0 Å². The third-order valence-electron chi connectivity index (χ3n) is 2.61. The molecule has 0 aromatic rings. The number of esters is 1. The van der Waals surface area contributed by atoms with Crippen LogP contribution in [0, 0.1) is 5.41 Å². The van der Waals surface area contributed by atoms with Crippen LogP contribution in [0.25, 0.3) is 0 Å².